The zero-order chi connectivity index (χ0) is 21.1. The highest BCUT2D eigenvalue weighted by molar-refractivity contribution is 6.15. The maximum atomic E-state index is 12.9. The molecule has 1 aliphatic heterocycles. The maximum Gasteiger partial charge on any atom is 0.319 e. The number of urea groups is 1. The average molecular weight is 405 g/mol. The van der Waals surface area contributed by atoms with E-state index in [1.54, 1.807) is 31.4 Å². The van der Waals surface area contributed by atoms with E-state index in [9.17, 15) is 9.59 Å². The fourth-order valence-corrected chi connectivity index (χ4v) is 3.33. The van der Waals surface area contributed by atoms with Gasteiger partial charge in [0.2, 0.25) is 5.78 Å². The summed E-state index contributed by atoms with van der Waals surface area (Å²) in [4.78, 5) is 28.0. The van der Waals surface area contributed by atoms with E-state index >= 15 is 0 Å². The van der Waals surface area contributed by atoms with Crippen LogP contribution in [-0.2, 0) is 0 Å². The Morgan fingerprint density at radius 2 is 2.10 bits per heavy atom. The summed E-state index contributed by atoms with van der Waals surface area (Å²) in [7, 11) is 1.61. The molecule has 7 heteroatoms. The summed E-state index contributed by atoms with van der Waals surface area (Å²) in [6.07, 6.45) is 5.45. The van der Waals surface area contributed by atoms with Gasteiger partial charge in [-0.25, -0.2) is 4.79 Å². The largest absolute Gasteiger partial charge is 0.497 e. The Hall–Kier alpha value is -3.74. The van der Waals surface area contributed by atoms with Gasteiger partial charge in [0.25, 0.3) is 0 Å². The number of benzene rings is 2. The summed E-state index contributed by atoms with van der Waals surface area (Å²) in [6.45, 7) is 2.67. The lowest BCUT2D eigenvalue weighted by Gasteiger charge is -2.07. The summed E-state index contributed by atoms with van der Waals surface area (Å²) in [5, 5.41) is 6.47. The third-order valence-electron chi connectivity index (χ3n) is 4.95. The van der Waals surface area contributed by atoms with Crippen LogP contribution in [0.25, 0.3) is 17.0 Å². The Labute approximate surface area is 174 Å². The predicted octanol–water partition coefficient (Wildman–Crippen LogP) is 4.71. The van der Waals surface area contributed by atoms with E-state index in [1.807, 2.05) is 24.4 Å². The maximum absolute atomic E-state index is 12.9. The first-order valence-corrected chi connectivity index (χ1v) is 9.87. The molecule has 7 nitrogen and oxygen atoms in total. The Morgan fingerprint density at radius 3 is 2.90 bits per heavy atom. The third kappa shape index (κ3) is 3.87. The number of ketones is 1. The molecule has 4 rings (SSSR count). The predicted molar refractivity (Wildman–Crippen MR) is 116 cm³/mol. The van der Waals surface area contributed by atoms with Crippen molar-refractivity contribution in [3.05, 3.63) is 59.5 Å². The first kappa shape index (κ1) is 19.6. The first-order valence-electron chi connectivity index (χ1n) is 9.87. The molecule has 0 bridgehead atoms. The number of ether oxygens (including phenoxy) is 2. The van der Waals surface area contributed by atoms with Gasteiger partial charge >= 0.3 is 6.03 Å². The van der Waals surface area contributed by atoms with Crippen LogP contribution in [0.4, 0.5) is 10.5 Å². The summed E-state index contributed by atoms with van der Waals surface area (Å²) in [5.41, 5.74) is 2.72. The first-order chi connectivity index (χ1) is 14.6. The molecule has 0 unspecified atom stereocenters. The van der Waals surface area contributed by atoms with Crippen molar-refractivity contribution in [2.75, 3.05) is 19.0 Å². The van der Waals surface area contributed by atoms with Crippen LogP contribution in [0.15, 0.2) is 48.4 Å². The van der Waals surface area contributed by atoms with Gasteiger partial charge < -0.3 is 25.1 Å². The molecule has 0 radical (unpaired) electrons. The number of carbonyl (C=O) groups is 2. The Bertz CT molecular complexity index is 1150. The van der Waals surface area contributed by atoms with Gasteiger partial charge in [-0.3, -0.25) is 4.79 Å². The van der Waals surface area contributed by atoms with E-state index in [0.29, 0.717) is 23.5 Å². The number of hydrogen-bond acceptors (Lipinski definition) is 4. The van der Waals surface area contributed by atoms with Crippen molar-refractivity contribution in [1.82, 2.24) is 10.3 Å². The van der Waals surface area contributed by atoms with Gasteiger partial charge in [0, 0.05) is 34.9 Å². The molecule has 30 heavy (non-hydrogen) atoms. The Kier molecular flexibility index (Phi) is 5.43. The van der Waals surface area contributed by atoms with E-state index in [4.69, 9.17) is 9.47 Å². The standard InChI is InChI=1S/C23H23N3O4/c1-3-4-9-24-23(28)26-15-5-8-20-18(11-15)22(27)21(30-20)10-14-13-25-19-7-6-16(29-2)12-17(14)19/h5-8,10-13,25H,3-4,9H2,1-2H3,(H2,24,26,28). The average Bonchev–Trinajstić information content (AvgIpc) is 3.29. The lowest BCUT2D eigenvalue weighted by Crippen LogP contribution is -2.29. The van der Waals surface area contributed by atoms with Crippen LogP contribution in [0.3, 0.4) is 0 Å². The van der Waals surface area contributed by atoms with E-state index in [2.05, 4.69) is 22.5 Å². The zero-order valence-corrected chi connectivity index (χ0v) is 16.9. The number of amides is 2. The molecule has 2 aromatic carbocycles. The summed E-state index contributed by atoms with van der Waals surface area (Å²) >= 11 is 0. The van der Waals surface area contributed by atoms with E-state index < -0.39 is 0 Å². The quantitative estimate of drug-likeness (QED) is 0.409. The molecule has 2 amide bonds. The van der Waals surface area contributed by atoms with Gasteiger partial charge in [0.15, 0.2) is 5.76 Å². The molecule has 0 spiro atoms. The lowest BCUT2D eigenvalue weighted by molar-refractivity contribution is 0.101. The highest BCUT2D eigenvalue weighted by atomic mass is 16.5. The second kappa shape index (κ2) is 8.32. The van der Waals surface area contributed by atoms with E-state index in [1.165, 1.54) is 0 Å². The number of aromatic amines is 1. The minimum absolute atomic E-state index is 0.225. The molecule has 3 aromatic rings. The third-order valence-corrected chi connectivity index (χ3v) is 4.95. The highest BCUT2D eigenvalue weighted by Crippen LogP contribution is 2.35. The number of fused-ring (bicyclic) bond motifs is 2. The normalized spacial score (nSPS) is 13.9. The van der Waals surface area contributed by atoms with Crippen LogP contribution in [0, 0.1) is 0 Å². The number of nitrogens with one attached hydrogen (secondary N) is 3. The number of aromatic nitrogens is 1. The molecule has 2 heterocycles. The molecular weight excluding hydrogens is 382 g/mol. The van der Waals surface area contributed by atoms with Crippen molar-refractivity contribution < 1.29 is 19.1 Å². The zero-order valence-electron chi connectivity index (χ0n) is 16.9. The smallest absolute Gasteiger partial charge is 0.319 e. The number of anilines is 1. The minimum Gasteiger partial charge on any atom is -0.497 e. The fraction of sp³-hybridized carbons (Fsp3) is 0.217. The molecule has 0 saturated carbocycles. The minimum atomic E-state index is -0.293. The molecule has 0 aliphatic carbocycles. The molecule has 154 valence electrons. The van der Waals surface area contributed by atoms with E-state index in [-0.39, 0.29) is 17.6 Å². The van der Waals surface area contributed by atoms with Crippen LogP contribution in [0.1, 0.15) is 35.7 Å². The SMILES string of the molecule is CCCCNC(=O)Nc1ccc2c(c1)C(=O)C(=Cc1c[nH]c3ccc(OC)cc13)O2. The molecular formula is C23H23N3O4. The Morgan fingerprint density at radius 1 is 1.23 bits per heavy atom. The van der Waals surface area contributed by atoms with Crippen molar-refractivity contribution in [2.45, 2.75) is 19.8 Å². The number of methoxy groups -OCH3 is 1. The topological polar surface area (TPSA) is 92.5 Å². The molecule has 0 saturated heterocycles. The fourth-order valence-electron chi connectivity index (χ4n) is 3.33. The molecule has 3 N–H and O–H groups in total. The second-order valence-electron chi connectivity index (χ2n) is 7.04. The number of unbranched alkanes of at least 4 members (excludes halogenated alkanes) is 1. The van der Waals surface area contributed by atoms with E-state index in [0.717, 1.165) is 35.1 Å². The molecule has 0 atom stereocenters. The van der Waals surface area contributed by atoms with Crippen molar-refractivity contribution in [2.24, 2.45) is 0 Å². The highest BCUT2D eigenvalue weighted by Gasteiger charge is 2.28. The van der Waals surface area contributed by atoms with Gasteiger partial charge in [0.05, 0.1) is 12.7 Å². The monoisotopic (exact) mass is 405 g/mol. The van der Waals surface area contributed by atoms with Crippen molar-refractivity contribution in [1.29, 1.82) is 0 Å². The molecule has 1 aromatic heterocycles. The Balaban J connectivity index is 1.55. The summed E-state index contributed by atoms with van der Waals surface area (Å²) in [5.74, 6) is 1.22. The van der Waals surface area contributed by atoms with Crippen LogP contribution in [0.2, 0.25) is 0 Å². The van der Waals surface area contributed by atoms with Crippen molar-refractivity contribution >= 4 is 34.5 Å². The second-order valence-corrected chi connectivity index (χ2v) is 7.04. The number of Topliss-reactive ketones (excluding diaryl/α,β-unsaturated/α-hetero) is 1. The van der Waals surface area contributed by atoms with Crippen LogP contribution >= 0.6 is 0 Å². The number of carbonyl (C=O) groups excluding carboxylic acids is 2. The van der Waals surface area contributed by atoms with Crippen molar-refractivity contribution in [3.63, 3.8) is 0 Å². The molecule has 0 fully saturated rings. The van der Waals surface area contributed by atoms with Gasteiger partial charge in [-0.2, -0.15) is 0 Å². The van der Waals surface area contributed by atoms with Gasteiger partial charge in [-0.15, -0.1) is 0 Å². The molecule has 1 aliphatic rings. The number of H-pyrrole nitrogens is 1. The van der Waals surface area contributed by atoms with Crippen LogP contribution in [-0.4, -0.2) is 30.5 Å². The van der Waals surface area contributed by atoms with Crippen LogP contribution < -0.4 is 20.1 Å². The van der Waals surface area contributed by atoms with Crippen molar-refractivity contribution in [3.8, 4) is 11.5 Å². The number of allylic oxidation sites excluding steroid dienone is 1. The van der Waals surface area contributed by atoms with Gasteiger partial charge in [-0.05, 0) is 48.9 Å². The van der Waals surface area contributed by atoms with Gasteiger partial charge in [0.1, 0.15) is 11.5 Å². The number of rotatable bonds is 6. The summed E-state index contributed by atoms with van der Waals surface area (Å²) in [6, 6.07) is 10.4. The van der Waals surface area contributed by atoms with Gasteiger partial charge in [-0.1, -0.05) is 13.3 Å². The van der Waals surface area contributed by atoms with Crippen LogP contribution in [0.5, 0.6) is 11.5 Å². The lowest BCUT2D eigenvalue weighted by atomic mass is 10.1. The number of hydrogen-bond donors (Lipinski definition) is 3. The summed E-state index contributed by atoms with van der Waals surface area (Å²) < 4.78 is 11.1.